The Kier molecular flexibility index (Phi) is 4.39. The molecule has 4 heterocycles. The highest BCUT2D eigenvalue weighted by Gasteiger charge is 2.26. The summed E-state index contributed by atoms with van der Waals surface area (Å²) >= 11 is 0. The minimum Gasteiger partial charge on any atom is -0.452 e. The molecule has 0 amide bonds. The van der Waals surface area contributed by atoms with E-state index in [1.165, 1.54) is 21.7 Å². The molecule has 43 heavy (non-hydrogen) atoms. The lowest BCUT2D eigenvalue weighted by Crippen LogP contribution is -2.04. The summed E-state index contributed by atoms with van der Waals surface area (Å²) in [6.45, 7) is 0. The second kappa shape index (κ2) is 8.30. The average Bonchev–Trinajstić information content (AvgIpc) is 3.58. The molecule has 0 saturated carbocycles. The average molecular weight is 551 g/mol. The zero-order chi connectivity index (χ0) is 28.1. The van der Waals surface area contributed by atoms with E-state index in [4.69, 9.17) is 14.7 Å². The van der Waals surface area contributed by atoms with Gasteiger partial charge in [-0.25, -0.2) is 9.97 Å². The summed E-state index contributed by atoms with van der Waals surface area (Å²) < 4.78 is 11.4. The van der Waals surface area contributed by atoms with Gasteiger partial charge in [-0.05, 0) is 41.8 Å². The highest BCUT2D eigenvalue weighted by Crippen LogP contribution is 2.48. The standard InChI is InChI=1S/C38H22N4O/c1-2-9-23(10-3-1)38-39-21-25(22-40-38)41-31-14-6-5-12-27(31)30-20-29-24(19-34(30)41)17-18-33-37(29)43-35-16-8-13-28-26-11-4-7-15-32(26)42(33)36(28)35/h1-22H. The molecule has 0 atom stereocenters. The first-order chi connectivity index (χ1) is 21.3. The molecule has 1 aliphatic heterocycles. The van der Waals surface area contributed by atoms with Gasteiger partial charge < -0.3 is 13.9 Å². The molecule has 0 unspecified atom stereocenters. The van der Waals surface area contributed by atoms with E-state index in [-0.39, 0.29) is 0 Å². The van der Waals surface area contributed by atoms with E-state index in [0.717, 1.165) is 61.1 Å². The quantitative estimate of drug-likeness (QED) is 0.215. The molecule has 0 saturated heterocycles. The monoisotopic (exact) mass is 550 g/mol. The van der Waals surface area contributed by atoms with Gasteiger partial charge in [-0.15, -0.1) is 0 Å². The summed E-state index contributed by atoms with van der Waals surface area (Å²) in [5.41, 5.74) is 7.51. The first kappa shape index (κ1) is 22.7. The lowest BCUT2D eigenvalue weighted by atomic mass is 10.0. The highest BCUT2D eigenvalue weighted by atomic mass is 16.5. The van der Waals surface area contributed by atoms with E-state index in [1.807, 2.05) is 42.7 Å². The second-order valence-corrected chi connectivity index (χ2v) is 11.1. The van der Waals surface area contributed by atoms with Crippen LogP contribution < -0.4 is 4.74 Å². The zero-order valence-corrected chi connectivity index (χ0v) is 22.9. The van der Waals surface area contributed by atoms with Crippen LogP contribution >= 0.6 is 0 Å². The van der Waals surface area contributed by atoms with Crippen molar-refractivity contribution in [3.63, 3.8) is 0 Å². The Balaban J connectivity index is 1.23. The van der Waals surface area contributed by atoms with E-state index in [1.54, 1.807) is 0 Å². The number of rotatable bonds is 2. The van der Waals surface area contributed by atoms with Crippen LogP contribution in [-0.2, 0) is 0 Å². The molecule has 0 fully saturated rings. The minimum absolute atomic E-state index is 0.714. The number of fused-ring (bicyclic) bond motifs is 10. The smallest absolute Gasteiger partial charge is 0.159 e. The van der Waals surface area contributed by atoms with Crippen molar-refractivity contribution in [2.24, 2.45) is 0 Å². The second-order valence-electron chi connectivity index (χ2n) is 11.1. The van der Waals surface area contributed by atoms with Crippen LogP contribution in [0.4, 0.5) is 0 Å². The van der Waals surface area contributed by atoms with Crippen molar-refractivity contribution < 1.29 is 4.74 Å². The van der Waals surface area contributed by atoms with Gasteiger partial charge in [0.1, 0.15) is 0 Å². The van der Waals surface area contributed by atoms with Crippen LogP contribution in [0.25, 0.3) is 77.1 Å². The van der Waals surface area contributed by atoms with Crippen LogP contribution in [0.1, 0.15) is 0 Å². The molecular formula is C38H22N4O. The van der Waals surface area contributed by atoms with Crippen molar-refractivity contribution in [1.82, 2.24) is 19.1 Å². The molecule has 3 aromatic heterocycles. The van der Waals surface area contributed by atoms with Crippen molar-refractivity contribution in [2.75, 3.05) is 0 Å². The van der Waals surface area contributed by atoms with E-state index in [2.05, 4.69) is 100 Å². The molecule has 200 valence electrons. The predicted octanol–water partition coefficient (Wildman–Crippen LogP) is 9.60. The number of aromatic nitrogens is 4. The first-order valence-electron chi connectivity index (χ1n) is 14.4. The van der Waals surface area contributed by atoms with Crippen molar-refractivity contribution in [2.45, 2.75) is 0 Å². The van der Waals surface area contributed by atoms with Crippen molar-refractivity contribution in [1.29, 1.82) is 0 Å². The third-order valence-corrected chi connectivity index (χ3v) is 8.78. The van der Waals surface area contributed by atoms with Gasteiger partial charge in [-0.1, -0.05) is 84.9 Å². The molecule has 0 radical (unpaired) electrons. The molecule has 1 aliphatic rings. The Bertz CT molecular complexity index is 2580. The summed E-state index contributed by atoms with van der Waals surface area (Å²) in [6.07, 6.45) is 3.83. The molecule has 0 N–H and O–H groups in total. The van der Waals surface area contributed by atoms with Gasteiger partial charge in [-0.3, -0.25) is 0 Å². The minimum atomic E-state index is 0.714. The molecule has 5 nitrogen and oxygen atoms in total. The number of benzene rings is 6. The largest absolute Gasteiger partial charge is 0.452 e. The SMILES string of the molecule is c1ccc(-c2ncc(-n3c4ccccc4c4cc5c6c(ccc5cc43)-n3c4ccccc4c4cccc(c43)O6)cn2)cc1. The number of para-hydroxylation sites is 3. The Labute approximate surface area is 245 Å². The first-order valence-corrected chi connectivity index (χ1v) is 14.4. The molecule has 6 aromatic carbocycles. The Morgan fingerprint density at radius 2 is 1.21 bits per heavy atom. The fourth-order valence-electron chi connectivity index (χ4n) is 6.91. The van der Waals surface area contributed by atoms with E-state index >= 15 is 0 Å². The number of nitrogens with zero attached hydrogens (tertiary/aromatic N) is 4. The topological polar surface area (TPSA) is 44.9 Å². The summed E-state index contributed by atoms with van der Waals surface area (Å²) in [5.74, 6) is 2.48. The fraction of sp³-hybridized carbons (Fsp3) is 0. The number of hydrogen-bond acceptors (Lipinski definition) is 3. The Morgan fingerprint density at radius 3 is 2.02 bits per heavy atom. The summed E-state index contributed by atoms with van der Waals surface area (Å²) in [5, 5.41) is 6.98. The van der Waals surface area contributed by atoms with Gasteiger partial charge >= 0.3 is 0 Å². The van der Waals surface area contributed by atoms with Gasteiger partial charge in [0.15, 0.2) is 17.3 Å². The third kappa shape index (κ3) is 3.05. The lowest BCUT2D eigenvalue weighted by molar-refractivity contribution is 0.482. The van der Waals surface area contributed by atoms with Crippen LogP contribution in [0.2, 0.25) is 0 Å². The molecule has 5 heteroatoms. The van der Waals surface area contributed by atoms with Crippen molar-refractivity contribution >= 4 is 54.4 Å². The van der Waals surface area contributed by atoms with Gasteiger partial charge in [0.25, 0.3) is 0 Å². The maximum absolute atomic E-state index is 6.75. The predicted molar refractivity (Wildman–Crippen MR) is 174 cm³/mol. The Hall–Kier alpha value is -5.94. The van der Waals surface area contributed by atoms with Crippen LogP contribution in [0, 0.1) is 0 Å². The normalized spacial score (nSPS) is 12.4. The lowest BCUT2D eigenvalue weighted by Gasteiger charge is -2.22. The van der Waals surface area contributed by atoms with Gasteiger partial charge in [0.2, 0.25) is 0 Å². The van der Waals surface area contributed by atoms with Gasteiger partial charge in [0, 0.05) is 32.5 Å². The fourth-order valence-corrected chi connectivity index (χ4v) is 6.91. The number of ether oxygens (including phenoxy) is 1. The van der Waals surface area contributed by atoms with E-state index in [0.29, 0.717) is 5.82 Å². The third-order valence-electron chi connectivity index (χ3n) is 8.78. The van der Waals surface area contributed by atoms with Crippen LogP contribution in [0.3, 0.4) is 0 Å². The summed E-state index contributed by atoms with van der Waals surface area (Å²) in [7, 11) is 0. The molecule has 9 aromatic rings. The van der Waals surface area contributed by atoms with Crippen LogP contribution in [0.15, 0.2) is 134 Å². The highest BCUT2D eigenvalue weighted by molar-refractivity contribution is 6.16. The molecule has 0 spiro atoms. The van der Waals surface area contributed by atoms with E-state index < -0.39 is 0 Å². The van der Waals surface area contributed by atoms with Crippen molar-refractivity contribution in [3.05, 3.63) is 134 Å². The van der Waals surface area contributed by atoms with Crippen LogP contribution in [-0.4, -0.2) is 19.1 Å². The van der Waals surface area contributed by atoms with Gasteiger partial charge in [0.05, 0.1) is 45.8 Å². The van der Waals surface area contributed by atoms with Gasteiger partial charge in [-0.2, -0.15) is 0 Å². The van der Waals surface area contributed by atoms with Crippen LogP contribution in [0.5, 0.6) is 11.5 Å². The summed E-state index contributed by atoms with van der Waals surface area (Å²) in [4.78, 5) is 9.49. The van der Waals surface area contributed by atoms with E-state index in [9.17, 15) is 0 Å². The molecule has 0 bridgehead atoms. The maximum Gasteiger partial charge on any atom is 0.159 e. The number of hydrogen-bond donors (Lipinski definition) is 0. The molecular weight excluding hydrogens is 528 g/mol. The van der Waals surface area contributed by atoms with Crippen molar-refractivity contribution in [3.8, 4) is 34.3 Å². The molecule has 10 rings (SSSR count). The summed E-state index contributed by atoms with van der Waals surface area (Å²) in [6, 6.07) is 42.5. The molecule has 0 aliphatic carbocycles. The maximum atomic E-state index is 6.75. The zero-order valence-electron chi connectivity index (χ0n) is 22.9. The Morgan fingerprint density at radius 1 is 0.512 bits per heavy atom.